The Labute approximate surface area is 89.3 Å². The van der Waals surface area contributed by atoms with Crippen LogP contribution in [0, 0.1) is 32.1 Å². The Morgan fingerprint density at radius 2 is 1.50 bits per heavy atom. The second-order valence-corrected chi connectivity index (χ2v) is 3.10. The molecular weight excluding hydrogens is 224 g/mol. The van der Waals surface area contributed by atoms with Crippen molar-refractivity contribution in [3.63, 3.8) is 0 Å². The van der Waals surface area contributed by atoms with E-state index in [1.54, 1.807) is 5.40 Å². The third-order valence-corrected chi connectivity index (χ3v) is 1.69. The summed E-state index contributed by atoms with van der Waals surface area (Å²) in [6.07, 6.45) is 0. The van der Waals surface area contributed by atoms with Crippen molar-refractivity contribution in [3.8, 4) is 10.8 Å². The number of guanidine groups is 2. The number of nitrogens with one attached hydrogen (secondary N) is 4. The van der Waals surface area contributed by atoms with Crippen LogP contribution in [0.3, 0.4) is 0 Å². The number of nitriles is 2. The van der Waals surface area contributed by atoms with Crippen molar-refractivity contribution in [1.82, 2.24) is 9.44 Å². The van der Waals surface area contributed by atoms with Crippen molar-refractivity contribution in [2.24, 2.45) is 11.5 Å². The Hall–Kier alpha value is -1.78. The van der Waals surface area contributed by atoms with Gasteiger partial charge in [-0.1, -0.05) is 12.6 Å². The lowest BCUT2D eigenvalue weighted by molar-refractivity contribution is 1.26. The molecule has 0 aromatic rings. The van der Waals surface area contributed by atoms with E-state index < -0.39 is 11.3 Å². The van der Waals surface area contributed by atoms with E-state index in [4.69, 9.17) is 32.8 Å². The number of nitrogens with two attached hydrogens (primary N) is 2. The van der Waals surface area contributed by atoms with Crippen LogP contribution in [0.4, 0.5) is 0 Å². The Morgan fingerprint density at radius 3 is 1.64 bits per heavy atom. The largest absolute Gasteiger partial charge is 0.369 e. The molecule has 0 aliphatic heterocycles. The summed E-state index contributed by atoms with van der Waals surface area (Å²) in [6.45, 7) is 0. The molecule has 0 aromatic carbocycles. The van der Waals surface area contributed by atoms with Crippen LogP contribution in [-0.4, -0.2) is 11.9 Å². The van der Waals surface area contributed by atoms with Crippen LogP contribution >= 0.6 is 23.9 Å². The molecule has 0 saturated carbocycles. The molecule has 0 aromatic heterocycles. The topological polar surface area (TPSA) is 171 Å². The van der Waals surface area contributed by atoms with Crippen molar-refractivity contribution in [2.45, 2.75) is 0 Å². The summed E-state index contributed by atoms with van der Waals surface area (Å²) >= 11 is 1.56. The molecule has 0 heterocycles. The van der Waals surface area contributed by atoms with Gasteiger partial charge >= 0.3 is 0 Å². The number of hydrogen-bond donors (Lipinski definition) is 8. The van der Waals surface area contributed by atoms with Gasteiger partial charge in [-0.05, 0) is 11.3 Å². The first-order valence-electron chi connectivity index (χ1n) is 2.92. The molecular formula is C4H10N8S2. The molecule has 0 spiro atoms. The summed E-state index contributed by atoms with van der Waals surface area (Å²) < 4.78 is 4.59. The first-order valence-corrected chi connectivity index (χ1v) is 4.71. The first-order chi connectivity index (χ1) is 6.47. The number of nitrogens with zero attached hydrogens (tertiary/aromatic N) is 2. The van der Waals surface area contributed by atoms with Crippen LogP contribution in [-0.2, 0) is 0 Å². The molecule has 0 aliphatic carbocycles. The lowest BCUT2D eigenvalue weighted by Gasteiger charge is -2.15. The summed E-state index contributed by atoms with van der Waals surface area (Å²) in [5.41, 5.74) is 9.86. The van der Waals surface area contributed by atoms with Gasteiger partial charge in [0.05, 0.1) is 0 Å². The maximum Gasteiger partial charge on any atom is 0.196 e. The summed E-state index contributed by atoms with van der Waals surface area (Å²) in [4.78, 5) is 0. The lowest BCUT2D eigenvalue weighted by Crippen LogP contribution is -2.36. The zero-order valence-corrected chi connectivity index (χ0v) is 8.73. The highest BCUT2D eigenvalue weighted by Crippen LogP contribution is 2.08. The molecule has 8 N–H and O–H groups in total. The van der Waals surface area contributed by atoms with Gasteiger partial charge in [0.15, 0.2) is 11.9 Å². The van der Waals surface area contributed by atoms with Crippen LogP contribution < -0.4 is 20.9 Å². The van der Waals surface area contributed by atoms with Gasteiger partial charge in [-0.2, -0.15) is 10.5 Å². The third kappa shape index (κ3) is 12.9. The fourth-order valence-corrected chi connectivity index (χ4v) is 0.957. The third-order valence-electron chi connectivity index (χ3n) is 0.565. The molecule has 0 rings (SSSR count). The van der Waals surface area contributed by atoms with Gasteiger partial charge in [-0.15, -0.1) is 0 Å². The maximum atomic E-state index is 8.37. The quantitative estimate of drug-likeness (QED) is 0.127. The van der Waals surface area contributed by atoms with Crippen LogP contribution in [0.25, 0.3) is 0 Å². The molecule has 0 fully saturated rings. The van der Waals surface area contributed by atoms with E-state index in [-0.39, 0.29) is 11.9 Å². The van der Waals surface area contributed by atoms with Gasteiger partial charge in [0.1, 0.15) is 10.8 Å². The standard InChI is InChI=1S/C3H9N7S.CHNS/c4-1-11(9-2(5)6)10-3(7)8;2-1-3/h11H,(H4,5,6,9)(H4,7,8,10);3H. The van der Waals surface area contributed by atoms with Crippen LogP contribution in [0.15, 0.2) is 0 Å². The normalized spacial score (nSPS) is 10.4. The predicted molar refractivity (Wildman–Crippen MR) is 59.3 cm³/mol. The zero-order valence-electron chi connectivity index (χ0n) is 6.94. The van der Waals surface area contributed by atoms with E-state index in [1.807, 2.05) is 0 Å². The highest BCUT2D eigenvalue weighted by Gasteiger charge is 2.00. The molecule has 0 aliphatic rings. The van der Waals surface area contributed by atoms with E-state index in [0.29, 0.717) is 0 Å². The molecule has 78 valence electrons. The van der Waals surface area contributed by atoms with Crippen LogP contribution in [0.5, 0.6) is 0 Å². The van der Waals surface area contributed by atoms with Crippen molar-refractivity contribution >= 4 is 35.8 Å². The Balaban J connectivity index is 0. The average Bonchev–Trinajstić information content (AvgIpc) is 2.02. The van der Waals surface area contributed by atoms with Crippen molar-refractivity contribution < 1.29 is 0 Å². The highest BCUT2D eigenvalue weighted by atomic mass is 32.2. The second kappa shape index (κ2) is 9.31. The Kier molecular flexibility index (Phi) is 9.79. The van der Waals surface area contributed by atoms with Crippen molar-refractivity contribution in [2.75, 3.05) is 0 Å². The van der Waals surface area contributed by atoms with Gasteiger partial charge < -0.3 is 11.5 Å². The maximum absolute atomic E-state index is 8.37. The Bertz CT molecular complexity index is 258. The highest BCUT2D eigenvalue weighted by molar-refractivity contribution is 8.18. The average molecular weight is 234 g/mol. The molecule has 0 unspecified atom stereocenters. The minimum absolute atomic E-state index is 0.327. The number of rotatable bonds is 2. The van der Waals surface area contributed by atoms with Gasteiger partial charge in [-0.3, -0.25) is 20.3 Å². The number of thiocyanates is 2. The minimum atomic E-state index is -1.53. The first kappa shape index (κ1) is 14.7. The molecule has 14 heavy (non-hydrogen) atoms. The van der Waals surface area contributed by atoms with Crippen molar-refractivity contribution in [3.05, 3.63) is 0 Å². The van der Waals surface area contributed by atoms with E-state index in [2.05, 4.69) is 22.1 Å². The fraction of sp³-hybridized carbons (Fsp3) is 0. The molecule has 0 amide bonds. The molecule has 0 saturated heterocycles. The molecule has 0 bridgehead atoms. The molecule has 8 nitrogen and oxygen atoms in total. The van der Waals surface area contributed by atoms with Crippen molar-refractivity contribution in [1.29, 1.82) is 21.3 Å². The van der Waals surface area contributed by atoms with Gasteiger partial charge in [0, 0.05) is 0 Å². The molecule has 10 heteroatoms. The summed E-state index contributed by atoms with van der Waals surface area (Å²) in [6, 6.07) is 0. The van der Waals surface area contributed by atoms with Gasteiger partial charge in [0.2, 0.25) is 0 Å². The number of thiol groups is 2. The Morgan fingerprint density at radius 1 is 1.21 bits per heavy atom. The lowest BCUT2D eigenvalue weighted by atomic mass is 11.1. The molecule has 0 atom stereocenters. The minimum Gasteiger partial charge on any atom is -0.369 e. The van der Waals surface area contributed by atoms with Gasteiger partial charge in [0.25, 0.3) is 0 Å². The van der Waals surface area contributed by atoms with E-state index in [0.717, 1.165) is 0 Å². The van der Waals surface area contributed by atoms with E-state index in [9.17, 15) is 0 Å². The molecule has 0 radical (unpaired) electrons. The zero-order chi connectivity index (χ0) is 11.6. The summed E-state index contributed by atoms with van der Waals surface area (Å²) in [5, 5.41) is 32.3. The van der Waals surface area contributed by atoms with Crippen LogP contribution in [0.1, 0.15) is 0 Å². The predicted octanol–water partition coefficient (Wildman–Crippen LogP) is -1.34. The van der Waals surface area contributed by atoms with Crippen LogP contribution in [0.2, 0.25) is 0 Å². The van der Waals surface area contributed by atoms with E-state index >= 15 is 0 Å². The summed E-state index contributed by atoms with van der Waals surface area (Å²) in [5.74, 6) is -0.655. The second-order valence-electron chi connectivity index (χ2n) is 1.59. The smallest absolute Gasteiger partial charge is 0.196 e. The van der Waals surface area contributed by atoms with E-state index in [1.165, 1.54) is 5.40 Å². The monoisotopic (exact) mass is 234 g/mol. The fourth-order valence-electron chi connectivity index (χ4n) is 0.319. The van der Waals surface area contributed by atoms with Gasteiger partial charge in [-0.25, -0.2) is 0 Å². The SMILES string of the molecule is N#CS.N#C[SH](NC(=N)N)NC(=N)N. The number of hydrogen-bond acceptors (Lipinski definition) is 5. The summed E-state index contributed by atoms with van der Waals surface area (Å²) in [7, 11) is 0.